The Balaban J connectivity index is 1.55. The molecule has 3 aromatic rings. The van der Waals surface area contributed by atoms with E-state index in [1.807, 2.05) is 42.6 Å². The van der Waals surface area contributed by atoms with Gasteiger partial charge in [-0.25, -0.2) is 9.48 Å². The minimum absolute atomic E-state index is 0.0687. The molecular formula is C22H19N3O4. The summed E-state index contributed by atoms with van der Waals surface area (Å²) in [7, 11) is 1.51. The van der Waals surface area contributed by atoms with Crippen molar-refractivity contribution in [3.8, 4) is 23.3 Å². The first-order valence-corrected chi connectivity index (χ1v) is 8.81. The van der Waals surface area contributed by atoms with Crippen LogP contribution in [0.3, 0.4) is 0 Å². The summed E-state index contributed by atoms with van der Waals surface area (Å²) in [6, 6.07) is 16.5. The number of aromatic nitrogens is 2. The van der Waals surface area contributed by atoms with Gasteiger partial charge in [0.25, 0.3) is 0 Å². The molecule has 0 aliphatic rings. The molecule has 0 bridgehead atoms. The summed E-state index contributed by atoms with van der Waals surface area (Å²) in [5.74, 6) is 0.491. The number of carbonyl (C=O) groups is 1. The molecule has 146 valence electrons. The third-order valence-corrected chi connectivity index (χ3v) is 3.98. The fraction of sp³-hybridized carbons (Fsp3) is 0.136. The van der Waals surface area contributed by atoms with Crippen molar-refractivity contribution in [2.75, 3.05) is 13.7 Å². The maximum atomic E-state index is 12.0. The second-order valence-corrected chi connectivity index (χ2v) is 5.92. The van der Waals surface area contributed by atoms with Crippen LogP contribution in [-0.4, -0.2) is 29.5 Å². The highest BCUT2D eigenvalue weighted by Gasteiger charge is 2.05. The molecule has 0 saturated heterocycles. The van der Waals surface area contributed by atoms with E-state index in [9.17, 15) is 4.79 Å². The van der Waals surface area contributed by atoms with Gasteiger partial charge in [-0.2, -0.15) is 10.4 Å². The molecule has 0 spiro atoms. The Morgan fingerprint density at radius 1 is 1.21 bits per heavy atom. The van der Waals surface area contributed by atoms with Crippen LogP contribution in [0.25, 0.3) is 11.8 Å². The van der Waals surface area contributed by atoms with Crippen LogP contribution in [0.15, 0.2) is 67.0 Å². The molecule has 0 aliphatic heterocycles. The molecule has 1 heterocycles. The van der Waals surface area contributed by atoms with E-state index >= 15 is 0 Å². The van der Waals surface area contributed by atoms with Gasteiger partial charge in [-0.15, -0.1) is 0 Å². The van der Waals surface area contributed by atoms with Gasteiger partial charge >= 0.3 is 5.97 Å². The second kappa shape index (κ2) is 9.76. The molecule has 0 unspecified atom stereocenters. The van der Waals surface area contributed by atoms with Gasteiger partial charge in [0.15, 0.2) is 18.1 Å². The number of benzene rings is 2. The van der Waals surface area contributed by atoms with E-state index in [-0.39, 0.29) is 13.2 Å². The average Bonchev–Trinajstić information content (AvgIpc) is 3.30. The predicted molar refractivity (Wildman–Crippen MR) is 106 cm³/mol. The predicted octanol–water partition coefficient (Wildman–Crippen LogP) is 3.54. The maximum absolute atomic E-state index is 12.0. The smallest absolute Gasteiger partial charge is 0.331 e. The van der Waals surface area contributed by atoms with Crippen molar-refractivity contribution in [3.63, 3.8) is 0 Å². The van der Waals surface area contributed by atoms with E-state index in [0.717, 1.165) is 16.8 Å². The molecular weight excluding hydrogens is 370 g/mol. The Kier molecular flexibility index (Phi) is 6.63. The number of hydrogen-bond acceptors (Lipinski definition) is 6. The van der Waals surface area contributed by atoms with Crippen LogP contribution in [0.5, 0.6) is 11.5 Å². The van der Waals surface area contributed by atoms with Crippen LogP contribution in [0.2, 0.25) is 0 Å². The van der Waals surface area contributed by atoms with Crippen LogP contribution in [-0.2, 0) is 16.1 Å². The summed E-state index contributed by atoms with van der Waals surface area (Å²) in [6.45, 7) is 0.105. The number of carbonyl (C=O) groups excluding carboxylic acids is 1. The van der Waals surface area contributed by atoms with Gasteiger partial charge in [0.2, 0.25) is 0 Å². The van der Waals surface area contributed by atoms with E-state index in [0.29, 0.717) is 11.5 Å². The minimum atomic E-state index is -0.454. The number of nitrogens with zero attached hydrogens (tertiary/aromatic N) is 3. The lowest BCUT2D eigenvalue weighted by molar-refractivity contribution is -0.138. The van der Waals surface area contributed by atoms with Gasteiger partial charge in [0.05, 0.1) is 12.8 Å². The molecule has 1 aromatic heterocycles. The summed E-state index contributed by atoms with van der Waals surface area (Å²) < 4.78 is 17.5. The summed E-state index contributed by atoms with van der Waals surface area (Å²) in [4.78, 5) is 12.0. The highest BCUT2D eigenvalue weighted by molar-refractivity contribution is 5.87. The molecule has 2 aromatic carbocycles. The molecule has 29 heavy (non-hydrogen) atoms. The van der Waals surface area contributed by atoms with Crippen molar-refractivity contribution in [1.82, 2.24) is 9.78 Å². The van der Waals surface area contributed by atoms with Gasteiger partial charge in [0, 0.05) is 18.5 Å². The molecule has 0 N–H and O–H groups in total. The SMILES string of the molecule is COc1cc(/C=C/C(=O)OCc2ccc(-n3cccn3)cc2)ccc1OCC#N. The van der Waals surface area contributed by atoms with Gasteiger partial charge in [-0.05, 0) is 47.5 Å². The largest absolute Gasteiger partial charge is 0.493 e. The lowest BCUT2D eigenvalue weighted by Crippen LogP contribution is -2.01. The van der Waals surface area contributed by atoms with Crippen molar-refractivity contribution < 1.29 is 19.0 Å². The van der Waals surface area contributed by atoms with Crippen molar-refractivity contribution in [2.24, 2.45) is 0 Å². The average molecular weight is 389 g/mol. The summed E-state index contributed by atoms with van der Waals surface area (Å²) in [6.07, 6.45) is 6.55. The summed E-state index contributed by atoms with van der Waals surface area (Å²) in [5.41, 5.74) is 2.55. The van der Waals surface area contributed by atoms with E-state index in [2.05, 4.69) is 5.10 Å². The van der Waals surface area contributed by atoms with Gasteiger partial charge in [0.1, 0.15) is 12.7 Å². The molecule has 7 nitrogen and oxygen atoms in total. The van der Waals surface area contributed by atoms with Crippen molar-refractivity contribution in [3.05, 3.63) is 78.1 Å². The van der Waals surface area contributed by atoms with Crippen LogP contribution >= 0.6 is 0 Å². The Hall–Kier alpha value is -4.05. The van der Waals surface area contributed by atoms with E-state index < -0.39 is 5.97 Å². The Labute approximate surface area is 168 Å². The fourth-order valence-corrected chi connectivity index (χ4v) is 2.55. The highest BCUT2D eigenvalue weighted by Crippen LogP contribution is 2.28. The highest BCUT2D eigenvalue weighted by atomic mass is 16.5. The molecule has 3 rings (SSSR count). The van der Waals surface area contributed by atoms with Crippen LogP contribution in [0.4, 0.5) is 0 Å². The molecule has 0 saturated carbocycles. The lowest BCUT2D eigenvalue weighted by atomic mass is 10.2. The van der Waals surface area contributed by atoms with Crippen LogP contribution in [0.1, 0.15) is 11.1 Å². The zero-order valence-corrected chi connectivity index (χ0v) is 15.8. The molecule has 0 aliphatic carbocycles. The molecule has 0 radical (unpaired) electrons. The first-order valence-electron chi connectivity index (χ1n) is 8.81. The Morgan fingerprint density at radius 3 is 2.72 bits per heavy atom. The van der Waals surface area contributed by atoms with E-state index in [1.165, 1.54) is 13.2 Å². The summed E-state index contributed by atoms with van der Waals surface area (Å²) in [5, 5.41) is 12.8. The van der Waals surface area contributed by atoms with Crippen molar-refractivity contribution in [2.45, 2.75) is 6.61 Å². The zero-order valence-electron chi connectivity index (χ0n) is 15.8. The van der Waals surface area contributed by atoms with Gasteiger partial charge < -0.3 is 14.2 Å². The zero-order chi connectivity index (χ0) is 20.5. The number of rotatable bonds is 8. The number of nitriles is 1. The number of ether oxygens (including phenoxy) is 3. The first-order chi connectivity index (χ1) is 14.2. The first kappa shape index (κ1) is 19.7. The minimum Gasteiger partial charge on any atom is -0.493 e. The number of methoxy groups -OCH3 is 1. The standard InChI is InChI=1S/C22H19N3O4/c1-27-21-15-17(5-9-20(21)28-14-11-23)6-10-22(26)29-16-18-3-7-19(8-4-18)25-13-2-12-24-25/h2-10,12-13,15H,14,16H2,1H3/b10-6+. The molecule has 7 heteroatoms. The summed E-state index contributed by atoms with van der Waals surface area (Å²) >= 11 is 0. The quantitative estimate of drug-likeness (QED) is 0.433. The number of esters is 1. The topological polar surface area (TPSA) is 86.4 Å². The third kappa shape index (κ3) is 5.47. The fourth-order valence-electron chi connectivity index (χ4n) is 2.55. The van der Waals surface area contributed by atoms with Crippen LogP contribution < -0.4 is 9.47 Å². The Bertz CT molecular complexity index is 1020. The lowest BCUT2D eigenvalue weighted by Gasteiger charge is -2.08. The monoisotopic (exact) mass is 389 g/mol. The normalized spacial score (nSPS) is 10.5. The second-order valence-electron chi connectivity index (χ2n) is 5.92. The van der Waals surface area contributed by atoms with Crippen molar-refractivity contribution >= 4 is 12.0 Å². The van der Waals surface area contributed by atoms with Gasteiger partial charge in [-0.1, -0.05) is 18.2 Å². The van der Waals surface area contributed by atoms with Crippen LogP contribution in [0, 0.1) is 11.3 Å². The van der Waals surface area contributed by atoms with Crippen molar-refractivity contribution in [1.29, 1.82) is 5.26 Å². The Morgan fingerprint density at radius 2 is 2.03 bits per heavy atom. The van der Waals surface area contributed by atoms with E-state index in [1.54, 1.807) is 35.2 Å². The number of hydrogen-bond donors (Lipinski definition) is 0. The van der Waals surface area contributed by atoms with E-state index in [4.69, 9.17) is 19.5 Å². The van der Waals surface area contributed by atoms with Gasteiger partial charge in [-0.3, -0.25) is 0 Å². The maximum Gasteiger partial charge on any atom is 0.331 e. The molecule has 0 fully saturated rings. The molecule has 0 amide bonds. The molecule has 0 atom stereocenters. The third-order valence-electron chi connectivity index (χ3n) is 3.98.